The summed E-state index contributed by atoms with van der Waals surface area (Å²) in [5, 5.41) is 0. The summed E-state index contributed by atoms with van der Waals surface area (Å²) in [5.41, 5.74) is 0. The Bertz CT molecular complexity index is 570. The Labute approximate surface area is 126 Å². The Morgan fingerprint density at radius 2 is 2.15 bits per heavy atom. The lowest BCUT2D eigenvalue weighted by Gasteiger charge is -2.34. The summed E-state index contributed by atoms with van der Waals surface area (Å²) in [6, 6.07) is 4.07. The molecular weight excluding hydrogens is 322 g/mol. The zero-order valence-electron chi connectivity index (χ0n) is 11.3. The lowest BCUT2D eigenvalue weighted by atomic mass is 10.2. The summed E-state index contributed by atoms with van der Waals surface area (Å²) >= 11 is 3.36. The van der Waals surface area contributed by atoms with Crippen LogP contribution >= 0.6 is 15.9 Å². The Morgan fingerprint density at radius 1 is 1.35 bits per heavy atom. The molecule has 0 saturated carbocycles. The fraction of sp³-hybridized carbons (Fsp3) is 0.429. The largest absolute Gasteiger partial charge is 0.464 e. The SMILES string of the molecule is CCc1ccc([C@H]2COCCN2c2ncc(Br)cn2)o1. The first-order valence-corrected chi connectivity index (χ1v) is 7.47. The minimum Gasteiger partial charge on any atom is -0.464 e. The lowest BCUT2D eigenvalue weighted by molar-refractivity contribution is 0.0864. The average Bonchev–Trinajstić information content (AvgIpc) is 2.97. The highest BCUT2D eigenvalue weighted by molar-refractivity contribution is 9.10. The second-order valence-electron chi connectivity index (χ2n) is 4.64. The summed E-state index contributed by atoms with van der Waals surface area (Å²) in [4.78, 5) is 10.9. The Hall–Kier alpha value is -1.40. The van der Waals surface area contributed by atoms with Crippen LogP contribution in [0.2, 0.25) is 0 Å². The summed E-state index contributed by atoms with van der Waals surface area (Å²) in [6.45, 7) is 4.11. The maximum Gasteiger partial charge on any atom is 0.226 e. The molecule has 0 radical (unpaired) electrons. The van der Waals surface area contributed by atoms with Crippen molar-refractivity contribution in [2.24, 2.45) is 0 Å². The van der Waals surface area contributed by atoms with E-state index in [1.165, 1.54) is 0 Å². The first-order valence-electron chi connectivity index (χ1n) is 6.68. The third-order valence-electron chi connectivity index (χ3n) is 3.35. The number of hydrogen-bond acceptors (Lipinski definition) is 5. The maximum absolute atomic E-state index is 5.86. The number of ether oxygens (including phenoxy) is 1. The Kier molecular flexibility index (Phi) is 4.03. The van der Waals surface area contributed by atoms with E-state index in [4.69, 9.17) is 9.15 Å². The van der Waals surface area contributed by atoms with Gasteiger partial charge in [0, 0.05) is 25.4 Å². The number of morpholine rings is 1. The van der Waals surface area contributed by atoms with Crippen molar-refractivity contribution in [1.82, 2.24) is 9.97 Å². The van der Waals surface area contributed by atoms with Gasteiger partial charge in [-0.25, -0.2) is 9.97 Å². The number of aryl methyl sites for hydroxylation is 1. The molecule has 0 bridgehead atoms. The van der Waals surface area contributed by atoms with Gasteiger partial charge >= 0.3 is 0 Å². The third kappa shape index (κ3) is 2.71. The van der Waals surface area contributed by atoms with E-state index in [9.17, 15) is 0 Å². The summed E-state index contributed by atoms with van der Waals surface area (Å²) in [7, 11) is 0. The molecule has 0 aliphatic carbocycles. The number of hydrogen-bond donors (Lipinski definition) is 0. The van der Waals surface area contributed by atoms with Gasteiger partial charge in [-0.3, -0.25) is 0 Å². The molecule has 1 aliphatic heterocycles. The predicted octanol–water partition coefficient (Wildman–Crippen LogP) is 2.97. The van der Waals surface area contributed by atoms with E-state index >= 15 is 0 Å². The van der Waals surface area contributed by atoms with Crippen LogP contribution in [0, 0.1) is 0 Å². The van der Waals surface area contributed by atoms with Crippen molar-refractivity contribution in [3.63, 3.8) is 0 Å². The normalized spacial score (nSPS) is 19.3. The molecule has 2 aromatic rings. The highest BCUT2D eigenvalue weighted by atomic mass is 79.9. The van der Waals surface area contributed by atoms with Crippen LogP contribution in [0.5, 0.6) is 0 Å². The first kappa shape index (κ1) is 13.6. The third-order valence-corrected chi connectivity index (χ3v) is 3.76. The molecule has 1 atom stereocenters. The van der Waals surface area contributed by atoms with Crippen LogP contribution in [0.3, 0.4) is 0 Å². The molecule has 0 amide bonds. The molecule has 20 heavy (non-hydrogen) atoms. The number of anilines is 1. The van der Waals surface area contributed by atoms with E-state index in [-0.39, 0.29) is 6.04 Å². The van der Waals surface area contributed by atoms with E-state index in [0.717, 1.165) is 29.0 Å². The molecule has 6 heteroatoms. The minimum atomic E-state index is 0.0326. The Balaban J connectivity index is 1.88. The molecular formula is C14H16BrN3O2. The number of rotatable bonds is 3. The Morgan fingerprint density at radius 3 is 2.85 bits per heavy atom. The van der Waals surface area contributed by atoms with Gasteiger partial charge in [0.25, 0.3) is 0 Å². The molecule has 106 valence electrons. The van der Waals surface area contributed by atoms with E-state index in [1.54, 1.807) is 12.4 Å². The molecule has 1 fully saturated rings. The summed E-state index contributed by atoms with van der Waals surface area (Å²) in [6.07, 6.45) is 4.41. The van der Waals surface area contributed by atoms with Crippen LogP contribution in [0.4, 0.5) is 5.95 Å². The molecule has 3 heterocycles. The van der Waals surface area contributed by atoms with Gasteiger partial charge in [-0.15, -0.1) is 0 Å². The zero-order chi connectivity index (χ0) is 13.9. The van der Waals surface area contributed by atoms with Crippen molar-refractivity contribution < 1.29 is 9.15 Å². The minimum absolute atomic E-state index is 0.0326. The number of aromatic nitrogens is 2. The zero-order valence-corrected chi connectivity index (χ0v) is 12.8. The van der Waals surface area contributed by atoms with Crippen molar-refractivity contribution >= 4 is 21.9 Å². The number of nitrogens with zero attached hydrogens (tertiary/aromatic N) is 3. The maximum atomic E-state index is 5.86. The van der Waals surface area contributed by atoms with Crippen molar-refractivity contribution in [3.8, 4) is 0 Å². The van der Waals surface area contributed by atoms with Gasteiger partial charge in [0.2, 0.25) is 5.95 Å². The smallest absolute Gasteiger partial charge is 0.226 e. The monoisotopic (exact) mass is 337 g/mol. The second kappa shape index (κ2) is 5.93. The van der Waals surface area contributed by atoms with Crippen LogP contribution in [0.1, 0.15) is 24.5 Å². The molecule has 0 spiro atoms. The fourth-order valence-electron chi connectivity index (χ4n) is 2.30. The fourth-order valence-corrected chi connectivity index (χ4v) is 2.50. The van der Waals surface area contributed by atoms with E-state index in [0.29, 0.717) is 19.2 Å². The summed E-state index contributed by atoms with van der Waals surface area (Å²) in [5.74, 6) is 2.60. The van der Waals surface area contributed by atoms with Crippen molar-refractivity contribution in [2.75, 3.05) is 24.7 Å². The lowest BCUT2D eigenvalue weighted by Crippen LogP contribution is -2.40. The number of furan rings is 1. The van der Waals surface area contributed by atoms with Gasteiger partial charge in [-0.2, -0.15) is 0 Å². The number of halogens is 1. The molecule has 0 unspecified atom stereocenters. The van der Waals surface area contributed by atoms with Crippen molar-refractivity contribution in [2.45, 2.75) is 19.4 Å². The molecule has 2 aromatic heterocycles. The van der Waals surface area contributed by atoms with Gasteiger partial charge < -0.3 is 14.1 Å². The standard InChI is InChI=1S/C14H16BrN3O2/c1-2-11-3-4-13(20-11)12-9-19-6-5-18(12)14-16-7-10(15)8-17-14/h3-4,7-8,12H,2,5-6,9H2,1H3/t12-/m1/s1. The van der Waals surface area contributed by atoms with Crippen molar-refractivity contribution in [3.05, 3.63) is 40.5 Å². The predicted molar refractivity (Wildman–Crippen MR) is 78.7 cm³/mol. The molecule has 0 aromatic carbocycles. The van der Waals surface area contributed by atoms with Gasteiger partial charge in [-0.1, -0.05) is 6.92 Å². The highest BCUT2D eigenvalue weighted by Crippen LogP contribution is 2.29. The average molecular weight is 338 g/mol. The molecule has 3 rings (SSSR count). The van der Waals surface area contributed by atoms with Crippen molar-refractivity contribution in [1.29, 1.82) is 0 Å². The van der Waals surface area contributed by atoms with Crippen LogP contribution < -0.4 is 4.90 Å². The van der Waals surface area contributed by atoms with E-state index in [1.807, 2.05) is 12.1 Å². The first-order chi connectivity index (χ1) is 9.78. The molecule has 0 N–H and O–H groups in total. The van der Waals surface area contributed by atoms with E-state index in [2.05, 4.69) is 37.7 Å². The van der Waals surface area contributed by atoms with E-state index < -0.39 is 0 Å². The van der Waals surface area contributed by atoms with Gasteiger partial charge in [0.05, 0.1) is 17.7 Å². The van der Waals surface area contributed by atoms with Gasteiger partial charge in [-0.05, 0) is 28.1 Å². The van der Waals surface area contributed by atoms with Crippen LogP contribution in [0.15, 0.2) is 33.4 Å². The van der Waals surface area contributed by atoms with Gasteiger partial charge in [0.15, 0.2) is 0 Å². The van der Waals surface area contributed by atoms with Crippen LogP contribution in [0.25, 0.3) is 0 Å². The van der Waals surface area contributed by atoms with Crippen LogP contribution in [-0.2, 0) is 11.2 Å². The second-order valence-corrected chi connectivity index (χ2v) is 5.56. The molecule has 1 aliphatic rings. The topological polar surface area (TPSA) is 51.4 Å². The molecule has 1 saturated heterocycles. The van der Waals surface area contributed by atoms with Gasteiger partial charge in [0.1, 0.15) is 17.6 Å². The van der Waals surface area contributed by atoms with Crippen LogP contribution in [-0.4, -0.2) is 29.7 Å². The quantitative estimate of drug-likeness (QED) is 0.861. The molecule has 5 nitrogen and oxygen atoms in total. The summed E-state index contributed by atoms with van der Waals surface area (Å²) < 4.78 is 12.3. The highest BCUT2D eigenvalue weighted by Gasteiger charge is 2.29.